The van der Waals surface area contributed by atoms with Gasteiger partial charge in [-0.05, 0) is 20.8 Å². The third-order valence-electron chi connectivity index (χ3n) is 1.02. The van der Waals surface area contributed by atoms with Gasteiger partial charge in [-0.15, -0.1) is 0 Å². The van der Waals surface area contributed by atoms with Crippen molar-refractivity contribution in [3.63, 3.8) is 0 Å². The van der Waals surface area contributed by atoms with Gasteiger partial charge < -0.3 is 5.32 Å². The predicted molar refractivity (Wildman–Crippen MR) is 41.0 cm³/mol. The Kier molecular flexibility index (Phi) is 5.52. The molecule has 0 saturated heterocycles. The normalized spacial score (nSPS) is 11.6. The number of quaternary nitrogens is 1. The van der Waals surface area contributed by atoms with Gasteiger partial charge in [0.15, 0.2) is 0 Å². The summed E-state index contributed by atoms with van der Waals surface area (Å²) in [6.45, 7) is 8.34. The topological polar surface area (TPSA) is 29.0 Å². The van der Waals surface area contributed by atoms with E-state index in [0.717, 1.165) is 13.1 Å². The van der Waals surface area contributed by atoms with Gasteiger partial charge in [0.25, 0.3) is 0 Å². The molecule has 0 aromatic rings. The molecular weight excluding hydrogens is 112 g/mol. The van der Waals surface area contributed by atoms with Crippen LogP contribution in [-0.4, -0.2) is 25.3 Å². The van der Waals surface area contributed by atoms with Crippen molar-refractivity contribution in [3.8, 4) is 0 Å². The molecule has 0 rings (SSSR count). The summed E-state index contributed by atoms with van der Waals surface area (Å²) in [5.41, 5.74) is 0. The Morgan fingerprint density at radius 2 is 2.22 bits per heavy atom. The fourth-order valence-corrected chi connectivity index (χ4v) is 0.537. The summed E-state index contributed by atoms with van der Waals surface area (Å²) >= 11 is 0. The van der Waals surface area contributed by atoms with E-state index in [1.54, 1.807) is 0 Å². The molecule has 0 aliphatic rings. The van der Waals surface area contributed by atoms with Crippen molar-refractivity contribution in [1.29, 1.82) is 0 Å². The second kappa shape index (κ2) is 5.76. The molecule has 0 atom stereocenters. The molecular formula is C7H17N2+. The standard InChI is InChI=1S/C7H16N2/c1-4-8-5-6-9-7(2)3/h5,7,9H,4,6H2,1-3H3/p+1. The zero-order valence-corrected chi connectivity index (χ0v) is 6.59. The molecule has 0 aromatic heterocycles. The minimum atomic E-state index is 0.688. The lowest BCUT2D eigenvalue weighted by molar-refractivity contribution is -0.669. The molecule has 54 valence electrons. The number of rotatable bonds is 4. The predicted octanol–water partition coefficient (Wildman–Crippen LogP) is 0.0489. The molecule has 0 aliphatic carbocycles. The van der Waals surface area contributed by atoms with E-state index in [2.05, 4.69) is 24.2 Å². The number of hydrogen-bond acceptors (Lipinski definition) is 1. The maximum atomic E-state index is 4.09. The van der Waals surface area contributed by atoms with E-state index >= 15 is 0 Å². The maximum absolute atomic E-state index is 4.09. The minimum Gasteiger partial charge on any atom is -0.340 e. The smallest absolute Gasteiger partial charge is 0.111 e. The zero-order valence-electron chi connectivity index (χ0n) is 6.59. The molecule has 0 fully saturated rings. The second-order valence-corrected chi connectivity index (χ2v) is 2.40. The average Bonchev–Trinajstić information content (AvgIpc) is 1.80. The SMILES string of the molecule is CCN=CC[NH2+]C(C)C. The van der Waals surface area contributed by atoms with Crippen LogP contribution in [0.5, 0.6) is 0 Å². The molecule has 0 radical (unpaired) electrons. The van der Waals surface area contributed by atoms with Crippen LogP contribution in [0.1, 0.15) is 20.8 Å². The average molecular weight is 129 g/mol. The lowest BCUT2D eigenvalue weighted by atomic mass is 10.4. The van der Waals surface area contributed by atoms with Gasteiger partial charge in [0, 0.05) is 6.54 Å². The molecule has 0 bridgehead atoms. The highest BCUT2D eigenvalue weighted by Gasteiger charge is 1.89. The third-order valence-corrected chi connectivity index (χ3v) is 1.02. The first-order valence-corrected chi connectivity index (χ1v) is 3.59. The van der Waals surface area contributed by atoms with Crippen LogP contribution in [0, 0.1) is 0 Å². The summed E-state index contributed by atoms with van der Waals surface area (Å²) in [7, 11) is 0. The van der Waals surface area contributed by atoms with Crippen molar-refractivity contribution in [2.45, 2.75) is 26.8 Å². The van der Waals surface area contributed by atoms with Crippen LogP contribution in [0.2, 0.25) is 0 Å². The van der Waals surface area contributed by atoms with Gasteiger partial charge >= 0.3 is 0 Å². The van der Waals surface area contributed by atoms with Gasteiger partial charge in [0.1, 0.15) is 6.54 Å². The number of nitrogens with zero attached hydrogens (tertiary/aromatic N) is 1. The highest BCUT2D eigenvalue weighted by atomic mass is 14.9. The third kappa shape index (κ3) is 7.63. The van der Waals surface area contributed by atoms with Crippen molar-refractivity contribution < 1.29 is 5.32 Å². The Hall–Kier alpha value is -0.370. The second-order valence-electron chi connectivity index (χ2n) is 2.40. The Bertz CT molecular complexity index is 77.0. The van der Waals surface area contributed by atoms with Crippen LogP contribution >= 0.6 is 0 Å². The fraction of sp³-hybridized carbons (Fsp3) is 0.857. The first-order chi connectivity index (χ1) is 4.27. The molecule has 0 unspecified atom stereocenters. The van der Waals surface area contributed by atoms with Crippen LogP contribution in [0.3, 0.4) is 0 Å². The van der Waals surface area contributed by atoms with Gasteiger partial charge in [-0.3, -0.25) is 4.99 Å². The molecule has 2 heteroatoms. The summed E-state index contributed by atoms with van der Waals surface area (Å²) in [6, 6.07) is 0.688. The van der Waals surface area contributed by atoms with Crippen molar-refractivity contribution in [2.75, 3.05) is 13.1 Å². The van der Waals surface area contributed by atoms with E-state index in [-0.39, 0.29) is 0 Å². The van der Waals surface area contributed by atoms with Crippen LogP contribution in [0.4, 0.5) is 0 Å². The fourth-order valence-electron chi connectivity index (χ4n) is 0.537. The highest BCUT2D eigenvalue weighted by Crippen LogP contribution is 1.61. The van der Waals surface area contributed by atoms with Crippen LogP contribution in [0.15, 0.2) is 4.99 Å². The molecule has 0 aromatic carbocycles. The van der Waals surface area contributed by atoms with E-state index in [9.17, 15) is 0 Å². The van der Waals surface area contributed by atoms with E-state index < -0.39 is 0 Å². The number of nitrogens with two attached hydrogens (primary N) is 1. The summed E-state index contributed by atoms with van der Waals surface area (Å²) in [5.74, 6) is 0. The summed E-state index contributed by atoms with van der Waals surface area (Å²) in [4.78, 5) is 4.09. The maximum Gasteiger partial charge on any atom is 0.111 e. The molecule has 2 N–H and O–H groups in total. The Morgan fingerprint density at radius 3 is 2.67 bits per heavy atom. The lowest BCUT2D eigenvalue weighted by Gasteiger charge is -1.98. The molecule has 9 heavy (non-hydrogen) atoms. The van der Waals surface area contributed by atoms with E-state index in [1.165, 1.54) is 0 Å². The molecule has 0 saturated carbocycles. The zero-order chi connectivity index (χ0) is 7.11. The molecule has 2 nitrogen and oxygen atoms in total. The molecule has 0 aliphatic heterocycles. The summed E-state index contributed by atoms with van der Waals surface area (Å²) in [6.07, 6.45) is 1.97. The first-order valence-electron chi connectivity index (χ1n) is 3.59. The Balaban J connectivity index is 2.99. The van der Waals surface area contributed by atoms with Crippen LogP contribution in [-0.2, 0) is 0 Å². The van der Waals surface area contributed by atoms with Gasteiger partial charge in [0.05, 0.1) is 12.3 Å². The quantitative estimate of drug-likeness (QED) is 0.520. The number of hydrogen-bond donors (Lipinski definition) is 1. The van der Waals surface area contributed by atoms with Crippen LogP contribution in [0.25, 0.3) is 0 Å². The molecule has 0 amide bonds. The van der Waals surface area contributed by atoms with E-state index in [4.69, 9.17) is 0 Å². The van der Waals surface area contributed by atoms with Gasteiger partial charge in [-0.25, -0.2) is 0 Å². The summed E-state index contributed by atoms with van der Waals surface area (Å²) in [5, 5.41) is 2.25. The first kappa shape index (κ1) is 8.63. The lowest BCUT2D eigenvalue weighted by Crippen LogP contribution is -2.88. The summed E-state index contributed by atoms with van der Waals surface area (Å²) < 4.78 is 0. The van der Waals surface area contributed by atoms with Crippen molar-refractivity contribution >= 4 is 6.21 Å². The molecule has 0 heterocycles. The monoisotopic (exact) mass is 129 g/mol. The van der Waals surface area contributed by atoms with Crippen LogP contribution < -0.4 is 5.32 Å². The van der Waals surface area contributed by atoms with E-state index in [0.29, 0.717) is 6.04 Å². The largest absolute Gasteiger partial charge is 0.340 e. The van der Waals surface area contributed by atoms with Crippen molar-refractivity contribution in [1.82, 2.24) is 0 Å². The minimum absolute atomic E-state index is 0.688. The van der Waals surface area contributed by atoms with E-state index in [1.807, 2.05) is 13.1 Å². The van der Waals surface area contributed by atoms with Crippen molar-refractivity contribution in [2.24, 2.45) is 4.99 Å². The highest BCUT2D eigenvalue weighted by molar-refractivity contribution is 5.57. The van der Waals surface area contributed by atoms with Gasteiger partial charge in [0.2, 0.25) is 0 Å². The van der Waals surface area contributed by atoms with Gasteiger partial charge in [-0.2, -0.15) is 0 Å². The molecule has 0 spiro atoms. The van der Waals surface area contributed by atoms with Gasteiger partial charge in [-0.1, -0.05) is 0 Å². The van der Waals surface area contributed by atoms with Crippen molar-refractivity contribution in [3.05, 3.63) is 0 Å². The number of aliphatic imine (C=N–C) groups is 1. The Labute approximate surface area is 57.4 Å². The Morgan fingerprint density at radius 1 is 1.56 bits per heavy atom.